The van der Waals surface area contributed by atoms with Gasteiger partial charge in [-0.05, 0) is 49.6 Å². The molecule has 180 valence electrons. The number of fused-ring (bicyclic) bond motifs is 2. The maximum absolute atomic E-state index is 13.2. The van der Waals surface area contributed by atoms with E-state index in [9.17, 15) is 4.79 Å². The van der Waals surface area contributed by atoms with Crippen LogP contribution in [0.5, 0.6) is 0 Å². The topological polar surface area (TPSA) is 70.4 Å². The molecule has 6 rings (SSSR count). The van der Waals surface area contributed by atoms with E-state index >= 15 is 0 Å². The number of thiazole rings is 1. The standard InChI is InChI=1S/C26H29N7OS/c1-18-16-35-26(29-18)31-10-8-20-5-3-7-23(21(20)14-31)30-11-12-33(19(2)13-30)24(34)15-32-17-28-22-6-4-9-27-25(22)32/h3-7,9,16-17,19H,8,10-15H2,1-2H3. The van der Waals surface area contributed by atoms with E-state index in [2.05, 4.69) is 57.2 Å². The summed E-state index contributed by atoms with van der Waals surface area (Å²) in [4.78, 5) is 33.6. The van der Waals surface area contributed by atoms with Gasteiger partial charge in [-0.15, -0.1) is 11.3 Å². The first kappa shape index (κ1) is 22.0. The van der Waals surface area contributed by atoms with Gasteiger partial charge in [0.25, 0.3) is 0 Å². The van der Waals surface area contributed by atoms with Crippen LogP contribution in [0.1, 0.15) is 23.7 Å². The maximum atomic E-state index is 13.2. The number of carbonyl (C=O) groups is 1. The quantitative estimate of drug-likeness (QED) is 0.439. The summed E-state index contributed by atoms with van der Waals surface area (Å²) in [6.07, 6.45) is 4.48. The van der Waals surface area contributed by atoms with Crippen LogP contribution in [-0.2, 0) is 24.3 Å². The molecule has 9 heteroatoms. The third-order valence-corrected chi connectivity index (χ3v) is 8.11. The van der Waals surface area contributed by atoms with Crippen molar-refractivity contribution in [2.24, 2.45) is 0 Å². The number of piperazine rings is 1. The van der Waals surface area contributed by atoms with Gasteiger partial charge in [-0.25, -0.2) is 15.0 Å². The third kappa shape index (κ3) is 4.14. The highest BCUT2D eigenvalue weighted by atomic mass is 32.1. The molecule has 1 amide bonds. The summed E-state index contributed by atoms with van der Waals surface area (Å²) in [7, 11) is 0. The molecule has 3 aromatic heterocycles. The number of pyridine rings is 1. The fourth-order valence-electron chi connectivity index (χ4n) is 5.31. The van der Waals surface area contributed by atoms with Crippen LogP contribution in [0.25, 0.3) is 11.2 Å². The Bertz CT molecular complexity index is 1380. The van der Waals surface area contributed by atoms with E-state index in [4.69, 9.17) is 4.98 Å². The molecule has 0 bridgehead atoms. The Morgan fingerprint density at radius 2 is 2.03 bits per heavy atom. The summed E-state index contributed by atoms with van der Waals surface area (Å²) in [6.45, 7) is 8.70. The smallest absolute Gasteiger partial charge is 0.242 e. The van der Waals surface area contributed by atoms with Gasteiger partial charge < -0.3 is 19.3 Å². The molecule has 0 N–H and O–H groups in total. The highest BCUT2D eigenvalue weighted by Gasteiger charge is 2.30. The van der Waals surface area contributed by atoms with E-state index < -0.39 is 0 Å². The fraction of sp³-hybridized carbons (Fsp3) is 0.385. The molecule has 0 saturated carbocycles. The average molecular weight is 488 g/mol. The summed E-state index contributed by atoms with van der Waals surface area (Å²) in [6, 6.07) is 10.6. The summed E-state index contributed by atoms with van der Waals surface area (Å²) in [5.74, 6) is 0.113. The van der Waals surface area contributed by atoms with Gasteiger partial charge in [-0.3, -0.25) is 4.79 Å². The van der Waals surface area contributed by atoms with Crippen LogP contribution in [0.4, 0.5) is 10.8 Å². The third-order valence-electron chi connectivity index (χ3n) is 7.09. The van der Waals surface area contributed by atoms with Gasteiger partial charge in [-0.2, -0.15) is 0 Å². The predicted molar refractivity (Wildman–Crippen MR) is 139 cm³/mol. The number of anilines is 2. The second-order valence-electron chi connectivity index (χ2n) is 9.46. The lowest BCUT2D eigenvalue weighted by molar-refractivity contribution is -0.134. The van der Waals surface area contributed by atoms with Crippen LogP contribution in [0, 0.1) is 6.92 Å². The van der Waals surface area contributed by atoms with Gasteiger partial charge in [0.1, 0.15) is 12.1 Å². The Morgan fingerprint density at radius 3 is 2.86 bits per heavy atom. The molecule has 0 radical (unpaired) electrons. The number of amides is 1. The zero-order valence-electron chi connectivity index (χ0n) is 20.1. The van der Waals surface area contributed by atoms with Crippen LogP contribution in [-0.4, -0.2) is 62.5 Å². The van der Waals surface area contributed by atoms with E-state index in [-0.39, 0.29) is 18.5 Å². The molecule has 2 aliphatic heterocycles. The fourth-order valence-corrected chi connectivity index (χ4v) is 6.14. The van der Waals surface area contributed by atoms with E-state index in [1.165, 1.54) is 16.8 Å². The zero-order chi connectivity index (χ0) is 23.9. The molecular formula is C26H29N7OS. The lowest BCUT2D eigenvalue weighted by Gasteiger charge is -2.42. The van der Waals surface area contributed by atoms with Crippen molar-refractivity contribution in [2.45, 2.75) is 39.4 Å². The molecular weight excluding hydrogens is 458 g/mol. The minimum Gasteiger partial charge on any atom is -0.367 e. The maximum Gasteiger partial charge on any atom is 0.242 e. The number of aromatic nitrogens is 4. The first-order chi connectivity index (χ1) is 17.1. The molecule has 2 aliphatic rings. The van der Waals surface area contributed by atoms with Crippen LogP contribution >= 0.6 is 11.3 Å². The van der Waals surface area contributed by atoms with Gasteiger partial charge in [0.15, 0.2) is 10.8 Å². The van der Waals surface area contributed by atoms with Crippen LogP contribution in [0.15, 0.2) is 48.2 Å². The highest BCUT2D eigenvalue weighted by molar-refractivity contribution is 7.13. The molecule has 4 aromatic rings. The SMILES string of the molecule is Cc1csc(N2CCc3cccc(N4CCN(C(=O)Cn5cnc6cccnc65)C(C)C4)c3C2)n1. The van der Waals surface area contributed by atoms with Crippen LogP contribution in [0.2, 0.25) is 0 Å². The Hall–Kier alpha value is -3.46. The van der Waals surface area contributed by atoms with Gasteiger partial charge in [0.2, 0.25) is 5.91 Å². The normalized spacial score (nSPS) is 18.2. The Kier molecular flexibility index (Phi) is 5.64. The van der Waals surface area contributed by atoms with Gasteiger partial charge in [0.05, 0.1) is 12.0 Å². The summed E-state index contributed by atoms with van der Waals surface area (Å²) in [5, 5.41) is 3.23. The number of hydrogen-bond acceptors (Lipinski definition) is 7. The van der Waals surface area contributed by atoms with E-state index in [1.807, 2.05) is 21.6 Å². The monoisotopic (exact) mass is 487 g/mol. The summed E-state index contributed by atoms with van der Waals surface area (Å²) < 4.78 is 1.85. The van der Waals surface area contributed by atoms with Gasteiger partial charge >= 0.3 is 0 Å². The number of imidazole rings is 1. The molecule has 5 heterocycles. The first-order valence-corrected chi connectivity index (χ1v) is 13.0. The Morgan fingerprint density at radius 1 is 1.11 bits per heavy atom. The lowest BCUT2D eigenvalue weighted by Crippen LogP contribution is -2.55. The van der Waals surface area contributed by atoms with Crippen molar-refractivity contribution in [3.8, 4) is 0 Å². The Balaban J connectivity index is 1.17. The zero-order valence-corrected chi connectivity index (χ0v) is 20.9. The van der Waals surface area contributed by atoms with Crippen molar-refractivity contribution in [1.82, 2.24) is 24.4 Å². The van der Waals surface area contributed by atoms with Crippen LogP contribution < -0.4 is 9.80 Å². The van der Waals surface area contributed by atoms with Gasteiger partial charge in [-0.1, -0.05) is 12.1 Å². The molecule has 1 saturated heterocycles. The van der Waals surface area contributed by atoms with Crippen molar-refractivity contribution in [3.63, 3.8) is 0 Å². The van der Waals surface area contributed by atoms with Gasteiger partial charge in [0, 0.05) is 56.0 Å². The highest BCUT2D eigenvalue weighted by Crippen LogP contribution is 2.33. The number of carbonyl (C=O) groups excluding carboxylic acids is 1. The second-order valence-corrected chi connectivity index (χ2v) is 10.3. The predicted octanol–water partition coefficient (Wildman–Crippen LogP) is 3.50. The Labute approximate surface area is 208 Å². The molecule has 0 spiro atoms. The average Bonchev–Trinajstić information content (AvgIpc) is 3.49. The van der Waals surface area contributed by atoms with Crippen molar-refractivity contribution < 1.29 is 4.79 Å². The number of hydrogen-bond donors (Lipinski definition) is 0. The van der Waals surface area contributed by atoms with Crippen molar-refractivity contribution >= 4 is 39.2 Å². The number of benzene rings is 1. The second kappa shape index (κ2) is 8.96. The molecule has 1 unspecified atom stereocenters. The first-order valence-electron chi connectivity index (χ1n) is 12.1. The molecule has 1 aromatic carbocycles. The largest absolute Gasteiger partial charge is 0.367 e. The van der Waals surface area contributed by atoms with E-state index in [1.54, 1.807) is 23.9 Å². The molecule has 0 aliphatic carbocycles. The van der Waals surface area contributed by atoms with Crippen LogP contribution in [0.3, 0.4) is 0 Å². The number of nitrogens with zero attached hydrogens (tertiary/aromatic N) is 7. The minimum atomic E-state index is 0.113. The van der Waals surface area contributed by atoms with Crippen molar-refractivity contribution in [2.75, 3.05) is 36.0 Å². The van der Waals surface area contributed by atoms with E-state index in [0.717, 1.165) is 54.6 Å². The molecule has 1 fully saturated rings. The number of rotatable bonds is 4. The molecule has 8 nitrogen and oxygen atoms in total. The molecule has 1 atom stereocenters. The van der Waals surface area contributed by atoms with Crippen molar-refractivity contribution in [1.29, 1.82) is 0 Å². The summed E-state index contributed by atoms with van der Waals surface area (Å²) >= 11 is 1.72. The van der Waals surface area contributed by atoms with Crippen molar-refractivity contribution in [3.05, 3.63) is 65.1 Å². The molecule has 35 heavy (non-hydrogen) atoms. The summed E-state index contributed by atoms with van der Waals surface area (Å²) in [5.41, 5.74) is 6.77. The van der Waals surface area contributed by atoms with E-state index in [0.29, 0.717) is 6.54 Å². The lowest BCUT2D eigenvalue weighted by atomic mass is 9.97. The number of aryl methyl sites for hydroxylation is 1. The minimum absolute atomic E-state index is 0.113.